The highest BCUT2D eigenvalue weighted by molar-refractivity contribution is 6.05. The SMILES string of the molecule is O=C(Nc1ccc(OC(F)(F)F)cc1)c1ccc(N2CC(O)C(O)C2)c(-c2cccnc2)c1. The number of halogens is 3. The van der Waals surface area contributed by atoms with Crippen LogP contribution in [0.15, 0.2) is 67.0 Å². The zero-order valence-electron chi connectivity index (χ0n) is 17.2. The largest absolute Gasteiger partial charge is 0.573 e. The molecule has 1 saturated heterocycles. The molecule has 3 aromatic rings. The zero-order chi connectivity index (χ0) is 23.6. The number of carbonyl (C=O) groups excluding carboxylic acids is 1. The van der Waals surface area contributed by atoms with Crippen LogP contribution in [0.3, 0.4) is 0 Å². The van der Waals surface area contributed by atoms with Crippen molar-refractivity contribution in [3.05, 3.63) is 72.6 Å². The normalized spacial score (nSPS) is 18.3. The number of amides is 1. The van der Waals surface area contributed by atoms with Gasteiger partial charge in [-0.25, -0.2) is 0 Å². The van der Waals surface area contributed by atoms with E-state index in [1.807, 2.05) is 11.0 Å². The maximum absolute atomic E-state index is 12.8. The molecule has 0 bridgehead atoms. The molecule has 1 aliphatic heterocycles. The summed E-state index contributed by atoms with van der Waals surface area (Å²) in [5.74, 6) is -0.851. The van der Waals surface area contributed by atoms with Crippen molar-refractivity contribution in [3.63, 3.8) is 0 Å². The van der Waals surface area contributed by atoms with Crippen molar-refractivity contribution >= 4 is 17.3 Å². The number of hydrogen-bond donors (Lipinski definition) is 3. The fraction of sp³-hybridized carbons (Fsp3) is 0.217. The van der Waals surface area contributed by atoms with Gasteiger partial charge < -0.3 is 25.2 Å². The second-order valence-corrected chi connectivity index (χ2v) is 7.54. The molecule has 10 heteroatoms. The van der Waals surface area contributed by atoms with E-state index >= 15 is 0 Å². The van der Waals surface area contributed by atoms with Gasteiger partial charge in [0, 0.05) is 53.5 Å². The van der Waals surface area contributed by atoms with Crippen molar-refractivity contribution < 1.29 is 32.9 Å². The van der Waals surface area contributed by atoms with Crippen LogP contribution < -0.4 is 15.0 Å². The van der Waals surface area contributed by atoms with Crippen LogP contribution in [-0.4, -0.2) is 52.8 Å². The van der Waals surface area contributed by atoms with Gasteiger partial charge in [0.25, 0.3) is 5.91 Å². The summed E-state index contributed by atoms with van der Waals surface area (Å²) in [6, 6.07) is 13.4. The predicted octanol–water partition coefficient (Wildman–Crippen LogP) is 3.44. The molecular formula is C23H20F3N3O4. The summed E-state index contributed by atoms with van der Waals surface area (Å²) in [4.78, 5) is 18.8. The van der Waals surface area contributed by atoms with E-state index in [-0.39, 0.29) is 13.1 Å². The number of anilines is 2. The molecule has 1 aliphatic rings. The first-order chi connectivity index (χ1) is 15.7. The van der Waals surface area contributed by atoms with Crippen LogP contribution in [0.2, 0.25) is 0 Å². The van der Waals surface area contributed by atoms with Crippen LogP contribution in [0, 0.1) is 0 Å². The number of aliphatic hydroxyl groups excluding tert-OH is 2. The van der Waals surface area contributed by atoms with Gasteiger partial charge in [-0.15, -0.1) is 13.2 Å². The lowest BCUT2D eigenvalue weighted by molar-refractivity contribution is -0.274. The third kappa shape index (κ3) is 5.41. The number of aliphatic hydroxyl groups is 2. The molecular weight excluding hydrogens is 439 g/mol. The standard InChI is InChI=1S/C23H20F3N3O4/c24-23(25,26)33-17-6-4-16(5-7-17)28-22(32)14-3-8-19(29-12-20(30)21(31)13-29)18(10-14)15-2-1-9-27-11-15/h1-11,20-21,30-31H,12-13H2,(H,28,32). The number of carbonyl (C=O) groups is 1. The summed E-state index contributed by atoms with van der Waals surface area (Å²) in [6.07, 6.45) is -3.28. The Morgan fingerprint density at radius 2 is 1.76 bits per heavy atom. The Balaban J connectivity index is 1.58. The number of nitrogens with zero attached hydrogens (tertiary/aromatic N) is 2. The van der Waals surface area contributed by atoms with Crippen molar-refractivity contribution in [2.45, 2.75) is 18.6 Å². The number of alkyl halides is 3. The summed E-state index contributed by atoms with van der Waals surface area (Å²) >= 11 is 0. The van der Waals surface area contributed by atoms with Crippen molar-refractivity contribution in [1.29, 1.82) is 0 Å². The highest BCUT2D eigenvalue weighted by Crippen LogP contribution is 2.34. The first-order valence-corrected chi connectivity index (χ1v) is 10.0. The molecule has 3 N–H and O–H groups in total. The first-order valence-electron chi connectivity index (χ1n) is 10.0. The maximum Gasteiger partial charge on any atom is 0.573 e. The van der Waals surface area contributed by atoms with E-state index in [1.165, 1.54) is 12.1 Å². The Kier molecular flexibility index (Phi) is 6.21. The lowest BCUT2D eigenvalue weighted by Crippen LogP contribution is -2.22. The van der Waals surface area contributed by atoms with Gasteiger partial charge in [-0.3, -0.25) is 9.78 Å². The van der Waals surface area contributed by atoms with E-state index in [2.05, 4.69) is 15.0 Å². The highest BCUT2D eigenvalue weighted by atomic mass is 19.4. The van der Waals surface area contributed by atoms with E-state index < -0.39 is 30.2 Å². The number of ether oxygens (including phenoxy) is 1. The molecule has 1 amide bonds. The number of benzene rings is 2. The zero-order valence-corrected chi connectivity index (χ0v) is 17.2. The monoisotopic (exact) mass is 459 g/mol. The minimum atomic E-state index is -4.80. The molecule has 0 aliphatic carbocycles. The maximum atomic E-state index is 12.8. The average Bonchev–Trinajstić information content (AvgIpc) is 3.12. The number of nitrogens with one attached hydrogen (secondary N) is 1. The van der Waals surface area contributed by atoms with Crippen LogP contribution >= 0.6 is 0 Å². The number of hydrogen-bond acceptors (Lipinski definition) is 6. The van der Waals surface area contributed by atoms with Crippen molar-refractivity contribution in [1.82, 2.24) is 4.98 Å². The molecule has 1 aromatic heterocycles. The van der Waals surface area contributed by atoms with E-state index in [0.717, 1.165) is 23.4 Å². The Labute approximate surface area is 187 Å². The van der Waals surface area contributed by atoms with Crippen LogP contribution in [0.1, 0.15) is 10.4 Å². The number of pyridine rings is 1. The van der Waals surface area contributed by atoms with Crippen LogP contribution in [0.5, 0.6) is 5.75 Å². The van der Waals surface area contributed by atoms with Gasteiger partial charge in [0.05, 0.1) is 12.2 Å². The Hall–Kier alpha value is -3.63. The van der Waals surface area contributed by atoms with Gasteiger partial charge in [0.2, 0.25) is 0 Å². The number of rotatable bonds is 5. The molecule has 2 aromatic carbocycles. The van der Waals surface area contributed by atoms with Crippen molar-refractivity contribution in [3.8, 4) is 16.9 Å². The van der Waals surface area contributed by atoms with Crippen LogP contribution in [0.4, 0.5) is 24.5 Å². The summed E-state index contributed by atoms with van der Waals surface area (Å²) in [7, 11) is 0. The van der Waals surface area contributed by atoms with Gasteiger partial charge in [0.15, 0.2) is 0 Å². The number of aromatic nitrogens is 1. The molecule has 2 unspecified atom stereocenters. The fourth-order valence-corrected chi connectivity index (χ4v) is 3.62. The Morgan fingerprint density at radius 3 is 2.36 bits per heavy atom. The highest BCUT2D eigenvalue weighted by Gasteiger charge is 2.32. The minimum Gasteiger partial charge on any atom is -0.406 e. The lowest BCUT2D eigenvalue weighted by Gasteiger charge is -2.22. The van der Waals surface area contributed by atoms with Crippen molar-refractivity contribution in [2.24, 2.45) is 0 Å². The van der Waals surface area contributed by atoms with E-state index in [9.17, 15) is 28.2 Å². The van der Waals surface area contributed by atoms with Gasteiger partial charge in [-0.05, 0) is 48.5 Å². The molecule has 172 valence electrons. The summed E-state index contributed by atoms with van der Waals surface area (Å²) in [6.45, 7) is 0.485. The molecule has 33 heavy (non-hydrogen) atoms. The Bertz CT molecular complexity index is 1110. The summed E-state index contributed by atoms with van der Waals surface area (Å²) < 4.78 is 40.8. The third-order valence-corrected chi connectivity index (χ3v) is 5.18. The fourth-order valence-electron chi connectivity index (χ4n) is 3.62. The van der Waals surface area contributed by atoms with Gasteiger partial charge in [-0.2, -0.15) is 0 Å². The van der Waals surface area contributed by atoms with Crippen molar-refractivity contribution in [2.75, 3.05) is 23.3 Å². The first kappa shape index (κ1) is 22.6. The molecule has 4 rings (SSSR count). The molecule has 2 heterocycles. The van der Waals surface area contributed by atoms with E-state index in [0.29, 0.717) is 16.8 Å². The quantitative estimate of drug-likeness (QED) is 0.541. The molecule has 2 atom stereocenters. The minimum absolute atomic E-state index is 0.242. The lowest BCUT2D eigenvalue weighted by atomic mass is 10.0. The van der Waals surface area contributed by atoms with Gasteiger partial charge in [0.1, 0.15) is 5.75 Å². The van der Waals surface area contributed by atoms with Crippen LogP contribution in [0.25, 0.3) is 11.1 Å². The van der Waals surface area contributed by atoms with Gasteiger partial charge >= 0.3 is 6.36 Å². The van der Waals surface area contributed by atoms with Crippen LogP contribution in [-0.2, 0) is 0 Å². The summed E-state index contributed by atoms with van der Waals surface area (Å²) in [5.41, 5.74) is 2.77. The molecule has 0 saturated carbocycles. The Morgan fingerprint density at radius 1 is 1.06 bits per heavy atom. The number of β-amino-alcohol motifs (C(OH)–C–C–N with tert-alkyl or cyclic N) is 2. The topological polar surface area (TPSA) is 94.9 Å². The third-order valence-electron chi connectivity index (χ3n) is 5.18. The van der Waals surface area contributed by atoms with Gasteiger partial charge in [-0.1, -0.05) is 6.07 Å². The second kappa shape index (κ2) is 9.08. The predicted molar refractivity (Wildman–Crippen MR) is 115 cm³/mol. The summed E-state index contributed by atoms with van der Waals surface area (Å²) in [5, 5.41) is 22.5. The molecule has 7 nitrogen and oxygen atoms in total. The second-order valence-electron chi connectivity index (χ2n) is 7.54. The van der Waals surface area contributed by atoms with E-state index in [4.69, 9.17) is 0 Å². The molecule has 0 radical (unpaired) electrons. The smallest absolute Gasteiger partial charge is 0.406 e. The molecule has 0 spiro atoms. The van der Waals surface area contributed by atoms with E-state index in [1.54, 1.807) is 36.7 Å². The molecule has 1 fully saturated rings. The average molecular weight is 459 g/mol.